The zero-order valence-corrected chi connectivity index (χ0v) is 25.6. The molecule has 0 saturated heterocycles. The average Bonchev–Trinajstić information content (AvgIpc) is 3.15. The van der Waals surface area contributed by atoms with Crippen LogP contribution in [0, 0.1) is 5.41 Å². The summed E-state index contributed by atoms with van der Waals surface area (Å²) in [6, 6.07) is 24.3. The van der Waals surface area contributed by atoms with Crippen molar-refractivity contribution in [1.29, 1.82) is 0 Å². The van der Waals surface area contributed by atoms with Crippen molar-refractivity contribution in [3.05, 3.63) is 101 Å². The third-order valence-corrected chi connectivity index (χ3v) is 7.67. The summed E-state index contributed by atoms with van der Waals surface area (Å²) >= 11 is 0. The quantitative estimate of drug-likeness (QED) is 0.322. The predicted molar refractivity (Wildman–Crippen MR) is 167 cm³/mol. The van der Waals surface area contributed by atoms with E-state index in [4.69, 9.17) is 9.47 Å². The van der Waals surface area contributed by atoms with Crippen LogP contribution in [0.15, 0.2) is 90.1 Å². The number of allylic oxidation sites excluding steroid dienone is 1. The number of hydrogen-bond acceptors (Lipinski definition) is 6. The maximum Gasteiger partial charge on any atom is 0.409 e. The van der Waals surface area contributed by atoms with Crippen LogP contribution in [0.1, 0.15) is 58.6 Å². The smallest absolute Gasteiger partial charge is 0.409 e. The molecular formula is C35H39N3O5. The number of hydrogen-bond donors (Lipinski definition) is 2. The van der Waals surface area contributed by atoms with Crippen molar-refractivity contribution < 1.29 is 23.9 Å². The van der Waals surface area contributed by atoms with Crippen molar-refractivity contribution in [3.8, 4) is 5.75 Å². The maximum atomic E-state index is 14.9. The lowest BCUT2D eigenvalue weighted by Gasteiger charge is -2.40. The fourth-order valence-electron chi connectivity index (χ4n) is 5.97. The molecule has 0 aromatic heterocycles. The number of anilines is 2. The van der Waals surface area contributed by atoms with Gasteiger partial charge in [0, 0.05) is 23.4 Å². The van der Waals surface area contributed by atoms with Gasteiger partial charge in [-0.2, -0.15) is 0 Å². The second-order valence-corrected chi connectivity index (χ2v) is 12.9. The molecular weight excluding hydrogens is 542 g/mol. The van der Waals surface area contributed by atoms with Crippen LogP contribution in [0.25, 0.3) is 0 Å². The molecule has 224 valence electrons. The molecule has 1 aliphatic carbocycles. The Balaban J connectivity index is 1.73. The monoisotopic (exact) mass is 581 g/mol. The minimum absolute atomic E-state index is 0.210. The maximum absolute atomic E-state index is 14.9. The predicted octanol–water partition coefficient (Wildman–Crippen LogP) is 6.72. The standard InChI is InChI=1S/C35H39N3O5/c1-33(2,3)43-32(41)37-35(26-14-10-11-15-28(26)38(31(35)40)22-23-12-8-7-9-13-23)30-27(20-34(4,5)21-29(30)39)36-24-16-18-25(42-6)19-17-24/h7-19,36H,20-22H2,1-6H3,(H,37,41)/t35-/m1/s1. The largest absolute Gasteiger partial charge is 0.497 e. The van der Waals surface area contributed by atoms with Gasteiger partial charge in [0.05, 0.1) is 24.9 Å². The summed E-state index contributed by atoms with van der Waals surface area (Å²) in [5, 5.41) is 6.39. The Morgan fingerprint density at radius 2 is 1.56 bits per heavy atom. The number of ketones is 1. The average molecular weight is 582 g/mol. The van der Waals surface area contributed by atoms with E-state index in [2.05, 4.69) is 10.6 Å². The summed E-state index contributed by atoms with van der Waals surface area (Å²) in [6.07, 6.45) is -0.0975. The first-order valence-electron chi connectivity index (χ1n) is 14.5. The van der Waals surface area contributed by atoms with Gasteiger partial charge in [-0.15, -0.1) is 0 Å². The lowest BCUT2D eigenvalue weighted by atomic mass is 9.69. The molecule has 0 saturated carbocycles. The van der Waals surface area contributed by atoms with Gasteiger partial charge in [0.2, 0.25) is 0 Å². The Morgan fingerprint density at radius 3 is 2.21 bits per heavy atom. The van der Waals surface area contributed by atoms with Crippen molar-refractivity contribution >= 4 is 29.2 Å². The van der Waals surface area contributed by atoms with Gasteiger partial charge in [0.15, 0.2) is 11.3 Å². The number of benzene rings is 3. The molecule has 0 spiro atoms. The molecule has 8 nitrogen and oxygen atoms in total. The molecule has 2 N–H and O–H groups in total. The van der Waals surface area contributed by atoms with E-state index in [-0.39, 0.29) is 29.7 Å². The number of rotatable bonds is 7. The third-order valence-electron chi connectivity index (χ3n) is 7.67. The van der Waals surface area contributed by atoms with Crippen molar-refractivity contribution in [3.63, 3.8) is 0 Å². The molecule has 0 unspecified atom stereocenters. The van der Waals surface area contributed by atoms with E-state index in [0.29, 0.717) is 29.1 Å². The van der Waals surface area contributed by atoms with Gasteiger partial charge in [-0.25, -0.2) is 4.79 Å². The van der Waals surface area contributed by atoms with Gasteiger partial charge in [-0.05, 0) is 68.5 Å². The van der Waals surface area contributed by atoms with Crippen LogP contribution in [0.4, 0.5) is 16.2 Å². The number of carbonyl (C=O) groups is 3. The highest BCUT2D eigenvalue weighted by molar-refractivity contribution is 6.18. The summed E-state index contributed by atoms with van der Waals surface area (Å²) in [6.45, 7) is 9.60. The van der Waals surface area contributed by atoms with Crippen molar-refractivity contribution in [1.82, 2.24) is 5.32 Å². The topological polar surface area (TPSA) is 97.0 Å². The molecule has 8 heteroatoms. The van der Waals surface area contributed by atoms with Crippen LogP contribution in [-0.4, -0.2) is 30.5 Å². The minimum atomic E-state index is -1.81. The fourth-order valence-corrected chi connectivity index (χ4v) is 5.97. The molecule has 5 rings (SSSR count). The second-order valence-electron chi connectivity index (χ2n) is 12.9. The van der Waals surface area contributed by atoms with Gasteiger partial charge in [0.1, 0.15) is 11.4 Å². The van der Waals surface area contributed by atoms with E-state index in [9.17, 15) is 14.4 Å². The van der Waals surface area contributed by atoms with Crippen LogP contribution in [0.5, 0.6) is 5.75 Å². The number of nitrogens with one attached hydrogen (secondary N) is 2. The minimum Gasteiger partial charge on any atom is -0.497 e. The molecule has 43 heavy (non-hydrogen) atoms. The highest BCUT2D eigenvalue weighted by atomic mass is 16.6. The highest BCUT2D eigenvalue weighted by Gasteiger charge is 2.59. The van der Waals surface area contributed by atoms with E-state index in [1.807, 2.05) is 86.6 Å². The van der Waals surface area contributed by atoms with E-state index in [0.717, 1.165) is 11.3 Å². The number of Topliss-reactive ketones (excluding diaryl/α,β-unsaturated/α-hetero) is 1. The summed E-state index contributed by atoms with van der Waals surface area (Å²) in [5.41, 5.74) is 0.581. The first-order valence-corrected chi connectivity index (χ1v) is 14.5. The van der Waals surface area contributed by atoms with Gasteiger partial charge >= 0.3 is 6.09 Å². The van der Waals surface area contributed by atoms with Gasteiger partial charge in [0.25, 0.3) is 5.91 Å². The molecule has 1 aliphatic heterocycles. The third kappa shape index (κ3) is 6.00. The Hall–Kier alpha value is -4.59. The first kappa shape index (κ1) is 29.9. The number of nitrogens with zero attached hydrogens (tertiary/aromatic N) is 1. The van der Waals surface area contributed by atoms with E-state index in [1.165, 1.54) is 0 Å². The van der Waals surface area contributed by atoms with Crippen LogP contribution in [0.2, 0.25) is 0 Å². The van der Waals surface area contributed by atoms with Crippen molar-refractivity contribution in [2.45, 2.75) is 65.1 Å². The molecule has 3 aromatic rings. The Kier molecular flexibility index (Phi) is 7.82. The van der Waals surface area contributed by atoms with Crippen LogP contribution >= 0.6 is 0 Å². The zero-order chi connectivity index (χ0) is 31.0. The summed E-state index contributed by atoms with van der Waals surface area (Å²) < 4.78 is 11.0. The molecule has 2 amide bonds. The summed E-state index contributed by atoms with van der Waals surface area (Å²) in [5.74, 6) is 0.0628. The lowest BCUT2D eigenvalue weighted by Crippen LogP contribution is -2.58. The Labute approximate surface area is 253 Å². The molecule has 0 bridgehead atoms. The molecule has 3 aromatic carbocycles. The second kappa shape index (κ2) is 11.2. The normalized spacial score (nSPS) is 19.6. The number of fused-ring (bicyclic) bond motifs is 1. The van der Waals surface area contributed by atoms with E-state index in [1.54, 1.807) is 38.8 Å². The number of methoxy groups -OCH3 is 1. The van der Waals surface area contributed by atoms with Gasteiger partial charge < -0.3 is 19.7 Å². The van der Waals surface area contributed by atoms with Gasteiger partial charge in [-0.1, -0.05) is 62.4 Å². The fraction of sp³-hybridized carbons (Fsp3) is 0.343. The molecule has 0 fully saturated rings. The van der Waals surface area contributed by atoms with E-state index < -0.39 is 23.1 Å². The van der Waals surface area contributed by atoms with Crippen molar-refractivity contribution in [2.24, 2.45) is 5.41 Å². The van der Waals surface area contributed by atoms with Crippen molar-refractivity contribution in [2.75, 3.05) is 17.3 Å². The summed E-state index contributed by atoms with van der Waals surface area (Å²) in [4.78, 5) is 44.4. The lowest BCUT2D eigenvalue weighted by molar-refractivity contribution is -0.127. The number of amides is 2. The first-order chi connectivity index (χ1) is 20.3. The number of ether oxygens (including phenoxy) is 2. The summed E-state index contributed by atoms with van der Waals surface area (Å²) in [7, 11) is 1.60. The van der Waals surface area contributed by atoms with E-state index >= 15 is 0 Å². The molecule has 0 radical (unpaired) electrons. The zero-order valence-electron chi connectivity index (χ0n) is 25.6. The highest BCUT2D eigenvalue weighted by Crippen LogP contribution is 2.50. The van der Waals surface area contributed by atoms with Crippen LogP contribution < -0.4 is 20.3 Å². The number of alkyl carbamates (subject to hydrolysis) is 1. The SMILES string of the molecule is COc1ccc(NC2=C([C@@]3(NC(=O)OC(C)(C)C)C(=O)N(Cc4ccccc4)c4ccccc43)C(=O)CC(C)(C)C2)cc1. The Morgan fingerprint density at radius 1 is 0.907 bits per heavy atom. The number of carbonyl (C=O) groups excluding carboxylic acids is 3. The molecule has 2 aliphatic rings. The Bertz CT molecular complexity index is 1570. The molecule has 1 atom stereocenters. The van der Waals surface area contributed by atoms with Crippen LogP contribution in [-0.2, 0) is 26.4 Å². The molecule has 1 heterocycles. The van der Waals surface area contributed by atoms with Crippen LogP contribution in [0.3, 0.4) is 0 Å². The number of para-hydroxylation sites is 1. The van der Waals surface area contributed by atoms with Gasteiger partial charge in [-0.3, -0.25) is 14.9 Å².